The third kappa shape index (κ3) is 3.61. The first kappa shape index (κ1) is 15.5. The van der Waals surface area contributed by atoms with Crippen LogP contribution >= 0.6 is 0 Å². The molecule has 0 aliphatic carbocycles. The van der Waals surface area contributed by atoms with E-state index in [0.717, 1.165) is 11.3 Å². The first-order chi connectivity index (χ1) is 9.88. The molecule has 1 unspecified atom stereocenters. The van der Waals surface area contributed by atoms with Gasteiger partial charge < -0.3 is 9.84 Å². The third-order valence-corrected chi connectivity index (χ3v) is 3.32. The van der Waals surface area contributed by atoms with Crippen LogP contribution in [0.3, 0.4) is 0 Å². The summed E-state index contributed by atoms with van der Waals surface area (Å²) >= 11 is 0. The summed E-state index contributed by atoms with van der Waals surface area (Å²) in [5.41, 5.74) is 2.50. The summed E-state index contributed by atoms with van der Waals surface area (Å²) in [5, 5.41) is 10.5. The first-order valence-corrected chi connectivity index (χ1v) is 7.10. The van der Waals surface area contributed by atoms with E-state index in [-0.39, 0.29) is 11.9 Å². The molecule has 1 N–H and O–H groups in total. The van der Waals surface area contributed by atoms with Crippen molar-refractivity contribution in [2.75, 3.05) is 0 Å². The number of benzene rings is 2. The van der Waals surface area contributed by atoms with Crippen molar-refractivity contribution in [1.29, 1.82) is 0 Å². The Labute approximate surface area is 125 Å². The van der Waals surface area contributed by atoms with Gasteiger partial charge in [0.25, 0.3) is 0 Å². The van der Waals surface area contributed by atoms with Crippen molar-refractivity contribution in [2.24, 2.45) is 0 Å². The van der Waals surface area contributed by atoms with Crippen LogP contribution in [0.2, 0.25) is 0 Å². The summed E-state index contributed by atoms with van der Waals surface area (Å²) in [7, 11) is 0. The molecular formula is C18H21FO2. The van der Waals surface area contributed by atoms with Gasteiger partial charge in [-0.1, -0.05) is 24.3 Å². The molecule has 2 aromatic rings. The zero-order chi connectivity index (χ0) is 15.6. The van der Waals surface area contributed by atoms with E-state index in [1.165, 1.54) is 0 Å². The molecule has 2 nitrogen and oxygen atoms in total. The van der Waals surface area contributed by atoms with Crippen molar-refractivity contribution >= 4 is 0 Å². The van der Waals surface area contributed by atoms with E-state index in [0.29, 0.717) is 16.7 Å². The zero-order valence-corrected chi connectivity index (χ0v) is 12.9. The summed E-state index contributed by atoms with van der Waals surface area (Å²) in [6.07, 6.45) is -0.716. The molecule has 3 heteroatoms. The highest BCUT2D eigenvalue weighted by molar-refractivity contribution is 5.39. The van der Waals surface area contributed by atoms with Crippen molar-refractivity contribution in [3.63, 3.8) is 0 Å². The van der Waals surface area contributed by atoms with Gasteiger partial charge in [-0.15, -0.1) is 0 Å². The van der Waals surface area contributed by atoms with Crippen molar-refractivity contribution < 1.29 is 14.2 Å². The molecule has 0 fully saturated rings. The highest BCUT2D eigenvalue weighted by Gasteiger charge is 2.14. The van der Waals surface area contributed by atoms with Gasteiger partial charge in [0.2, 0.25) is 0 Å². The fourth-order valence-corrected chi connectivity index (χ4v) is 2.36. The Morgan fingerprint density at radius 1 is 1.00 bits per heavy atom. The minimum atomic E-state index is -0.793. The molecule has 0 bridgehead atoms. The number of rotatable bonds is 4. The van der Waals surface area contributed by atoms with E-state index in [2.05, 4.69) is 0 Å². The number of hydrogen-bond acceptors (Lipinski definition) is 2. The van der Waals surface area contributed by atoms with Gasteiger partial charge in [0.05, 0.1) is 6.10 Å². The fraction of sp³-hybridized carbons (Fsp3) is 0.333. The van der Waals surface area contributed by atoms with E-state index in [4.69, 9.17) is 4.74 Å². The van der Waals surface area contributed by atoms with Crippen LogP contribution in [-0.2, 0) is 0 Å². The van der Waals surface area contributed by atoms with E-state index >= 15 is 0 Å². The molecule has 0 spiro atoms. The summed E-state index contributed by atoms with van der Waals surface area (Å²) in [6.45, 7) is 7.32. The molecule has 0 amide bonds. The second-order valence-electron chi connectivity index (χ2n) is 5.61. The van der Waals surface area contributed by atoms with Crippen molar-refractivity contribution in [3.05, 3.63) is 64.5 Å². The van der Waals surface area contributed by atoms with Crippen LogP contribution in [-0.4, -0.2) is 11.2 Å². The maximum atomic E-state index is 13.7. The number of aryl methyl sites for hydroxylation is 2. The number of aliphatic hydroxyl groups is 1. The minimum absolute atomic E-state index is 0.0766. The van der Waals surface area contributed by atoms with E-state index in [9.17, 15) is 9.50 Å². The van der Waals surface area contributed by atoms with Crippen LogP contribution in [0.1, 0.15) is 42.2 Å². The molecule has 2 rings (SSSR count). The number of aliphatic hydroxyl groups excluding tert-OH is 1. The standard InChI is InChI=1S/C18H21FO2/c1-11(2)21-16-7-5-6-14(10-16)18(20)15-8-12(3)17(19)13(4)9-15/h5-11,18,20H,1-4H3. The van der Waals surface area contributed by atoms with Gasteiger partial charge in [-0.2, -0.15) is 0 Å². The summed E-state index contributed by atoms with van der Waals surface area (Å²) < 4.78 is 19.3. The first-order valence-electron chi connectivity index (χ1n) is 7.10. The van der Waals surface area contributed by atoms with Crippen LogP contribution in [0.5, 0.6) is 5.75 Å². The van der Waals surface area contributed by atoms with Gasteiger partial charge in [0.1, 0.15) is 17.7 Å². The number of hydrogen-bond donors (Lipinski definition) is 1. The Balaban J connectivity index is 2.33. The smallest absolute Gasteiger partial charge is 0.129 e. The Morgan fingerprint density at radius 3 is 2.19 bits per heavy atom. The van der Waals surface area contributed by atoms with Crippen LogP contribution in [0, 0.1) is 19.7 Å². The molecule has 0 aliphatic rings. The fourth-order valence-electron chi connectivity index (χ4n) is 2.36. The Kier molecular flexibility index (Phi) is 4.63. The van der Waals surface area contributed by atoms with E-state index in [1.807, 2.05) is 38.1 Å². The second kappa shape index (κ2) is 6.27. The monoisotopic (exact) mass is 288 g/mol. The summed E-state index contributed by atoms with van der Waals surface area (Å²) in [4.78, 5) is 0. The lowest BCUT2D eigenvalue weighted by Crippen LogP contribution is -2.07. The maximum Gasteiger partial charge on any atom is 0.129 e. The zero-order valence-electron chi connectivity index (χ0n) is 12.9. The molecule has 0 aliphatic heterocycles. The van der Waals surface area contributed by atoms with Crippen LogP contribution in [0.25, 0.3) is 0 Å². The Bertz CT molecular complexity index is 612. The van der Waals surface area contributed by atoms with Crippen LogP contribution < -0.4 is 4.74 Å². The highest BCUT2D eigenvalue weighted by atomic mass is 19.1. The number of ether oxygens (including phenoxy) is 1. The van der Waals surface area contributed by atoms with Crippen LogP contribution in [0.4, 0.5) is 4.39 Å². The van der Waals surface area contributed by atoms with Crippen LogP contribution in [0.15, 0.2) is 36.4 Å². The van der Waals surface area contributed by atoms with Gasteiger partial charge >= 0.3 is 0 Å². The molecule has 1 atom stereocenters. The molecular weight excluding hydrogens is 267 g/mol. The molecule has 112 valence electrons. The molecule has 21 heavy (non-hydrogen) atoms. The topological polar surface area (TPSA) is 29.5 Å². The molecule has 2 aromatic carbocycles. The molecule has 0 saturated heterocycles. The van der Waals surface area contributed by atoms with Crippen molar-refractivity contribution in [2.45, 2.75) is 39.9 Å². The maximum absolute atomic E-state index is 13.7. The quantitative estimate of drug-likeness (QED) is 0.908. The van der Waals surface area contributed by atoms with Gasteiger partial charge in [0.15, 0.2) is 0 Å². The average molecular weight is 288 g/mol. The SMILES string of the molecule is Cc1cc(C(O)c2cccc(OC(C)C)c2)cc(C)c1F. The van der Waals surface area contributed by atoms with Crippen molar-refractivity contribution in [1.82, 2.24) is 0 Å². The predicted octanol–water partition coefficient (Wildman–Crippen LogP) is 4.31. The van der Waals surface area contributed by atoms with Gasteiger partial charge in [-0.3, -0.25) is 0 Å². The molecule has 0 aromatic heterocycles. The Morgan fingerprint density at radius 2 is 1.62 bits per heavy atom. The normalized spacial score (nSPS) is 12.5. The average Bonchev–Trinajstić information content (AvgIpc) is 2.43. The van der Waals surface area contributed by atoms with E-state index in [1.54, 1.807) is 26.0 Å². The lowest BCUT2D eigenvalue weighted by Gasteiger charge is -2.16. The van der Waals surface area contributed by atoms with Gasteiger partial charge in [-0.25, -0.2) is 4.39 Å². The molecule has 0 heterocycles. The lowest BCUT2D eigenvalue weighted by atomic mass is 9.97. The van der Waals surface area contributed by atoms with E-state index < -0.39 is 6.10 Å². The van der Waals surface area contributed by atoms with Gasteiger partial charge in [-0.05, 0) is 62.1 Å². The largest absolute Gasteiger partial charge is 0.491 e. The van der Waals surface area contributed by atoms with Crippen molar-refractivity contribution in [3.8, 4) is 5.75 Å². The highest BCUT2D eigenvalue weighted by Crippen LogP contribution is 2.28. The summed E-state index contributed by atoms with van der Waals surface area (Å²) in [6, 6.07) is 10.7. The molecule has 0 radical (unpaired) electrons. The predicted molar refractivity (Wildman–Crippen MR) is 82.1 cm³/mol. The second-order valence-corrected chi connectivity index (χ2v) is 5.61. The Hall–Kier alpha value is -1.87. The lowest BCUT2D eigenvalue weighted by molar-refractivity contribution is 0.216. The van der Waals surface area contributed by atoms with Gasteiger partial charge in [0, 0.05) is 0 Å². The number of halogens is 1. The third-order valence-electron chi connectivity index (χ3n) is 3.32. The minimum Gasteiger partial charge on any atom is -0.491 e. The molecule has 0 saturated carbocycles. The summed E-state index contributed by atoms with van der Waals surface area (Å²) in [5.74, 6) is 0.500.